The monoisotopic (exact) mass is 377 g/mol. The average Bonchev–Trinajstić information content (AvgIpc) is 2.86. The molecule has 22 heavy (non-hydrogen) atoms. The SMILES string of the molecule is O=C(O)CSc1nnc(Br)n1Cc1cccc2ccccc12. The summed E-state index contributed by atoms with van der Waals surface area (Å²) in [5, 5.41) is 19.8. The molecule has 0 unspecified atom stereocenters. The van der Waals surface area contributed by atoms with Gasteiger partial charge in [-0.25, -0.2) is 0 Å². The molecule has 0 bridgehead atoms. The molecule has 0 aliphatic carbocycles. The van der Waals surface area contributed by atoms with Gasteiger partial charge in [0.1, 0.15) is 0 Å². The summed E-state index contributed by atoms with van der Waals surface area (Å²) >= 11 is 4.53. The van der Waals surface area contributed by atoms with Crippen LogP contribution in [0.1, 0.15) is 5.56 Å². The molecule has 0 amide bonds. The summed E-state index contributed by atoms with van der Waals surface area (Å²) in [5.74, 6) is -0.915. The molecular weight excluding hydrogens is 366 g/mol. The van der Waals surface area contributed by atoms with Crippen molar-refractivity contribution >= 4 is 44.4 Å². The molecule has 5 nitrogen and oxygen atoms in total. The number of thioether (sulfide) groups is 1. The summed E-state index contributed by atoms with van der Waals surface area (Å²) in [7, 11) is 0. The van der Waals surface area contributed by atoms with Gasteiger partial charge in [0, 0.05) is 0 Å². The number of aliphatic carboxylic acids is 1. The molecule has 3 rings (SSSR count). The highest BCUT2D eigenvalue weighted by Gasteiger charge is 2.13. The highest BCUT2D eigenvalue weighted by Crippen LogP contribution is 2.24. The van der Waals surface area contributed by atoms with Crippen LogP contribution in [0.3, 0.4) is 0 Å². The summed E-state index contributed by atoms with van der Waals surface area (Å²) in [6, 6.07) is 14.3. The summed E-state index contributed by atoms with van der Waals surface area (Å²) in [6.07, 6.45) is 0. The Morgan fingerprint density at radius 1 is 1.18 bits per heavy atom. The molecule has 0 saturated heterocycles. The average molecular weight is 378 g/mol. The van der Waals surface area contributed by atoms with Crippen molar-refractivity contribution in [3.63, 3.8) is 0 Å². The van der Waals surface area contributed by atoms with Gasteiger partial charge in [-0.1, -0.05) is 54.2 Å². The Kier molecular flexibility index (Phi) is 4.44. The van der Waals surface area contributed by atoms with Crippen LogP contribution in [-0.2, 0) is 11.3 Å². The van der Waals surface area contributed by atoms with Gasteiger partial charge in [-0.3, -0.25) is 9.36 Å². The zero-order chi connectivity index (χ0) is 15.5. The molecule has 112 valence electrons. The van der Waals surface area contributed by atoms with Crippen molar-refractivity contribution < 1.29 is 9.90 Å². The van der Waals surface area contributed by atoms with E-state index in [-0.39, 0.29) is 5.75 Å². The Morgan fingerprint density at radius 2 is 1.95 bits per heavy atom. The Labute approximate surface area is 139 Å². The third kappa shape index (κ3) is 3.15. The van der Waals surface area contributed by atoms with Gasteiger partial charge in [-0.05, 0) is 32.3 Å². The number of carbonyl (C=O) groups is 1. The van der Waals surface area contributed by atoms with Gasteiger partial charge in [0.15, 0.2) is 5.16 Å². The molecule has 1 heterocycles. The highest BCUT2D eigenvalue weighted by molar-refractivity contribution is 9.10. The van der Waals surface area contributed by atoms with Gasteiger partial charge >= 0.3 is 5.97 Å². The quantitative estimate of drug-likeness (QED) is 0.689. The maximum atomic E-state index is 10.7. The molecule has 2 aromatic carbocycles. The van der Waals surface area contributed by atoms with Crippen molar-refractivity contribution in [1.29, 1.82) is 0 Å². The maximum absolute atomic E-state index is 10.7. The van der Waals surface area contributed by atoms with Crippen molar-refractivity contribution in [1.82, 2.24) is 14.8 Å². The molecule has 7 heteroatoms. The van der Waals surface area contributed by atoms with Gasteiger partial charge in [0.2, 0.25) is 4.73 Å². The predicted molar refractivity (Wildman–Crippen MR) is 89.1 cm³/mol. The van der Waals surface area contributed by atoms with Crippen molar-refractivity contribution in [2.75, 3.05) is 5.75 Å². The van der Waals surface area contributed by atoms with Crippen LogP contribution in [0.25, 0.3) is 10.8 Å². The minimum absolute atomic E-state index is 0.0410. The van der Waals surface area contributed by atoms with E-state index in [0.717, 1.165) is 17.3 Å². The number of rotatable bonds is 5. The zero-order valence-corrected chi connectivity index (χ0v) is 13.8. The lowest BCUT2D eigenvalue weighted by molar-refractivity contribution is -0.133. The van der Waals surface area contributed by atoms with Crippen LogP contribution in [0.2, 0.25) is 0 Å². The number of hydrogen-bond donors (Lipinski definition) is 1. The van der Waals surface area contributed by atoms with E-state index < -0.39 is 5.97 Å². The van der Waals surface area contributed by atoms with Gasteiger partial charge in [-0.15, -0.1) is 10.2 Å². The van der Waals surface area contributed by atoms with E-state index in [0.29, 0.717) is 16.4 Å². The Hall–Kier alpha value is -1.86. The van der Waals surface area contributed by atoms with Gasteiger partial charge in [0.25, 0.3) is 0 Å². The van der Waals surface area contributed by atoms with Crippen LogP contribution in [0.5, 0.6) is 0 Å². The van der Waals surface area contributed by atoms with Crippen molar-refractivity contribution in [2.24, 2.45) is 0 Å². The third-order valence-corrected chi connectivity index (χ3v) is 4.74. The molecule has 0 saturated carbocycles. The maximum Gasteiger partial charge on any atom is 0.313 e. The molecular formula is C15H12BrN3O2S. The van der Waals surface area contributed by atoms with Crippen LogP contribution in [0.4, 0.5) is 0 Å². The lowest BCUT2D eigenvalue weighted by atomic mass is 10.0. The summed E-state index contributed by atoms with van der Waals surface area (Å²) in [5.41, 5.74) is 1.13. The first-order chi connectivity index (χ1) is 10.6. The van der Waals surface area contributed by atoms with E-state index in [1.165, 1.54) is 10.8 Å². The van der Waals surface area contributed by atoms with E-state index in [4.69, 9.17) is 5.11 Å². The van der Waals surface area contributed by atoms with Crippen LogP contribution >= 0.6 is 27.7 Å². The predicted octanol–water partition coefficient (Wildman–Crippen LogP) is 3.42. The van der Waals surface area contributed by atoms with Crippen LogP contribution < -0.4 is 0 Å². The Morgan fingerprint density at radius 3 is 2.77 bits per heavy atom. The van der Waals surface area contributed by atoms with E-state index in [9.17, 15) is 4.79 Å². The van der Waals surface area contributed by atoms with Crippen LogP contribution in [-0.4, -0.2) is 31.6 Å². The van der Waals surface area contributed by atoms with Gasteiger partial charge < -0.3 is 5.11 Å². The number of carboxylic acids is 1. The minimum Gasteiger partial charge on any atom is -0.481 e. The first-order valence-electron chi connectivity index (χ1n) is 6.55. The molecule has 3 aromatic rings. The van der Waals surface area contributed by atoms with Crippen LogP contribution in [0.15, 0.2) is 52.4 Å². The van der Waals surface area contributed by atoms with Gasteiger partial charge in [0.05, 0.1) is 12.3 Å². The Bertz CT molecular complexity index is 829. The number of halogens is 1. The standard InChI is InChI=1S/C15H12BrN3O2S/c16-14-17-18-15(22-9-13(20)21)19(14)8-11-6-3-5-10-4-1-2-7-12(10)11/h1-7H,8-9H2,(H,20,21). The van der Waals surface area contributed by atoms with Gasteiger partial charge in [-0.2, -0.15) is 0 Å². The Balaban J connectivity index is 1.95. The normalized spacial score (nSPS) is 11.0. The van der Waals surface area contributed by atoms with Crippen molar-refractivity contribution in [3.05, 3.63) is 52.8 Å². The number of carboxylic acid groups (broad SMARTS) is 1. The molecule has 0 spiro atoms. The fraction of sp³-hybridized carbons (Fsp3) is 0.133. The van der Waals surface area contributed by atoms with E-state index in [1.54, 1.807) is 0 Å². The lowest BCUT2D eigenvalue weighted by Crippen LogP contribution is -2.05. The second kappa shape index (κ2) is 6.50. The fourth-order valence-electron chi connectivity index (χ4n) is 2.24. The second-order valence-electron chi connectivity index (χ2n) is 4.66. The third-order valence-electron chi connectivity index (χ3n) is 3.20. The molecule has 0 aliphatic heterocycles. The van der Waals surface area contributed by atoms with E-state index in [1.807, 2.05) is 22.8 Å². The molecule has 0 radical (unpaired) electrons. The smallest absolute Gasteiger partial charge is 0.313 e. The summed E-state index contributed by atoms with van der Waals surface area (Å²) < 4.78 is 2.46. The topological polar surface area (TPSA) is 68.0 Å². The van der Waals surface area contributed by atoms with Crippen molar-refractivity contribution in [2.45, 2.75) is 11.7 Å². The highest BCUT2D eigenvalue weighted by atomic mass is 79.9. The first-order valence-corrected chi connectivity index (χ1v) is 8.33. The summed E-state index contributed by atoms with van der Waals surface area (Å²) in [6.45, 7) is 0.580. The fourth-order valence-corrected chi connectivity index (χ4v) is 3.39. The molecule has 1 aromatic heterocycles. The zero-order valence-electron chi connectivity index (χ0n) is 11.4. The number of hydrogen-bond acceptors (Lipinski definition) is 4. The molecule has 0 atom stereocenters. The molecule has 1 N–H and O–H groups in total. The van der Waals surface area contributed by atoms with E-state index >= 15 is 0 Å². The minimum atomic E-state index is -0.874. The molecule has 0 fully saturated rings. The lowest BCUT2D eigenvalue weighted by Gasteiger charge is -2.10. The van der Waals surface area contributed by atoms with Crippen molar-refractivity contribution in [3.8, 4) is 0 Å². The summed E-state index contributed by atoms with van der Waals surface area (Å²) in [4.78, 5) is 10.7. The number of benzene rings is 2. The molecule has 0 aliphatic rings. The number of aromatic nitrogens is 3. The largest absolute Gasteiger partial charge is 0.481 e. The number of fused-ring (bicyclic) bond motifs is 1. The first kappa shape index (κ1) is 15.1. The van der Waals surface area contributed by atoms with E-state index in [2.05, 4.69) is 50.4 Å². The second-order valence-corrected chi connectivity index (χ2v) is 6.31. The van der Waals surface area contributed by atoms with Crippen LogP contribution in [0, 0.1) is 0 Å². The number of nitrogens with zero attached hydrogens (tertiary/aromatic N) is 3.